The van der Waals surface area contributed by atoms with Gasteiger partial charge in [0.05, 0.1) is 13.0 Å². The number of primary amides is 1. The van der Waals surface area contributed by atoms with E-state index in [1.165, 1.54) is 0 Å². The molecule has 3 nitrogen and oxygen atoms in total. The molecule has 4 heteroatoms. The van der Waals surface area contributed by atoms with E-state index in [1.54, 1.807) is 18.2 Å². The van der Waals surface area contributed by atoms with Gasteiger partial charge in [0.25, 0.3) is 0 Å². The molecule has 0 aliphatic rings. The zero-order chi connectivity index (χ0) is 11.3. The smallest absolute Gasteiger partial charge is 0.229 e. The van der Waals surface area contributed by atoms with Crippen LogP contribution in [0.2, 0.25) is 0 Å². The van der Waals surface area contributed by atoms with Gasteiger partial charge in [-0.25, -0.2) is 0 Å². The second kappa shape index (κ2) is 5.54. The minimum absolute atomic E-state index is 0.0462. The number of carbonyl (C=O) groups is 1. The second-order valence-corrected chi connectivity index (χ2v) is 3.76. The lowest BCUT2D eigenvalue weighted by Crippen LogP contribution is -2.08. The van der Waals surface area contributed by atoms with Crippen molar-refractivity contribution in [2.45, 2.75) is 13.0 Å². The quantitative estimate of drug-likeness (QED) is 0.791. The van der Waals surface area contributed by atoms with Crippen molar-refractivity contribution < 1.29 is 9.90 Å². The van der Waals surface area contributed by atoms with E-state index in [0.29, 0.717) is 0 Å². The number of amides is 1. The van der Waals surface area contributed by atoms with Crippen molar-refractivity contribution in [2.75, 3.05) is 0 Å². The van der Waals surface area contributed by atoms with Gasteiger partial charge in [-0.1, -0.05) is 27.8 Å². The fourth-order valence-electron chi connectivity index (χ4n) is 1.01. The van der Waals surface area contributed by atoms with Crippen LogP contribution in [0.5, 0.6) is 0 Å². The number of hydrogen-bond donors (Lipinski definition) is 2. The maximum Gasteiger partial charge on any atom is 0.229 e. The van der Waals surface area contributed by atoms with Crippen LogP contribution in [0.25, 0.3) is 0 Å². The summed E-state index contributed by atoms with van der Waals surface area (Å²) in [5, 5.41) is 9.00. The van der Waals surface area contributed by atoms with Crippen molar-refractivity contribution in [2.24, 2.45) is 5.73 Å². The van der Waals surface area contributed by atoms with E-state index >= 15 is 0 Å². The second-order valence-electron chi connectivity index (χ2n) is 2.91. The number of rotatable bonds is 2. The Balaban J connectivity index is 2.85. The summed E-state index contributed by atoms with van der Waals surface area (Å²) in [7, 11) is 0. The van der Waals surface area contributed by atoms with Crippen LogP contribution < -0.4 is 5.73 Å². The molecule has 0 bridgehead atoms. The molecule has 0 saturated carbocycles. The lowest BCUT2D eigenvalue weighted by molar-refractivity contribution is -0.117. The first-order valence-electron chi connectivity index (χ1n) is 4.30. The van der Waals surface area contributed by atoms with E-state index in [-0.39, 0.29) is 13.0 Å². The Morgan fingerprint density at radius 2 is 2.27 bits per heavy atom. The largest absolute Gasteiger partial charge is 0.392 e. The van der Waals surface area contributed by atoms with Gasteiger partial charge >= 0.3 is 0 Å². The number of carbonyl (C=O) groups excluding carboxylic acids is 1. The van der Waals surface area contributed by atoms with E-state index < -0.39 is 5.91 Å². The van der Waals surface area contributed by atoms with Gasteiger partial charge in [-0.15, -0.1) is 0 Å². The molecule has 0 unspecified atom stereocenters. The van der Waals surface area contributed by atoms with Gasteiger partial charge < -0.3 is 10.8 Å². The highest BCUT2D eigenvalue weighted by molar-refractivity contribution is 9.10. The van der Waals surface area contributed by atoms with Gasteiger partial charge in [-0.3, -0.25) is 4.79 Å². The van der Waals surface area contributed by atoms with E-state index in [1.807, 2.05) is 0 Å². The van der Waals surface area contributed by atoms with Gasteiger partial charge in [0.15, 0.2) is 0 Å². The van der Waals surface area contributed by atoms with Crippen LogP contribution in [0.15, 0.2) is 22.7 Å². The molecule has 0 aliphatic carbocycles. The van der Waals surface area contributed by atoms with Gasteiger partial charge in [-0.2, -0.15) is 0 Å². The molecule has 1 aromatic rings. The lowest BCUT2D eigenvalue weighted by Gasteiger charge is -2.00. The molecule has 3 N–H and O–H groups in total. The highest BCUT2D eigenvalue weighted by Gasteiger charge is 1.98. The monoisotopic (exact) mass is 267 g/mol. The predicted octanol–water partition coefficient (Wildman–Crippen LogP) is 1.17. The van der Waals surface area contributed by atoms with Crippen molar-refractivity contribution in [1.82, 2.24) is 0 Å². The zero-order valence-corrected chi connectivity index (χ0v) is 9.54. The Kier molecular flexibility index (Phi) is 4.35. The molecule has 0 aromatic heterocycles. The van der Waals surface area contributed by atoms with Crippen LogP contribution in [-0.2, 0) is 11.4 Å². The normalized spacial score (nSPS) is 9.20. The third kappa shape index (κ3) is 3.74. The summed E-state index contributed by atoms with van der Waals surface area (Å²) in [6.45, 7) is -0.0497. The third-order valence-electron chi connectivity index (χ3n) is 1.71. The molecule has 1 rings (SSSR count). The molecular weight excluding hydrogens is 258 g/mol. The summed E-state index contributed by atoms with van der Waals surface area (Å²) in [6.07, 6.45) is 0.0462. The molecule has 0 heterocycles. The Bertz CT molecular complexity index is 432. The first-order valence-corrected chi connectivity index (χ1v) is 5.09. The first kappa shape index (κ1) is 11.8. The highest BCUT2D eigenvalue weighted by atomic mass is 79.9. The molecule has 0 saturated heterocycles. The highest BCUT2D eigenvalue weighted by Crippen LogP contribution is 2.17. The maximum atomic E-state index is 10.4. The van der Waals surface area contributed by atoms with Crippen molar-refractivity contribution in [3.05, 3.63) is 33.8 Å². The minimum Gasteiger partial charge on any atom is -0.392 e. The van der Waals surface area contributed by atoms with Crippen molar-refractivity contribution in [3.63, 3.8) is 0 Å². The Morgan fingerprint density at radius 1 is 1.53 bits per heavy atom. The van der Waals surface area contributed by atoms with Crippen LogP contribution in [0.3, 0.4) is 0 Å². The first-order chi connectivity index (χ1) is 7.13. The van der Waals surface area contributed by atoms with Gasteiger partial charge in [0.1, 0.15) is 0 Å². The zero-order valence-electron chi connectivity index (χ0n) is 7.96. The predicted molar refractivity (Wildman–Crippen MR) is 60.8 cm³/mol. The van der Waals surface area contributed by atoms with E-state index in [0.717, 1.165) is 15.6 Å². The van der Waals surface area contributed by atoms with Crippen LogP contribution in [0, 0.1) is 11.8 Å². The van der Waals surface area contributed by atoms with E-state index in [4.69, 9.17) is 10.8 Å². The Labute approximate surface area is 96.4 Å². The fraction of sp³-hybridized carbons (Fsp3) is 0.182. The summed E-state index contributed by atoms with van der Waals surface area (Å²) in [5.41, 5.74) is 6.47. The number of halogens is 1. The summed E-state index contributed by atoms with van der Waals surface area (Å²) < 4.78 is 0.838. The van der Waals surface area contributed by atoms with Gasteiger partial charge in [-0.05, 0) is 23.8 Å². The summed E-state index contributed by atoms with van der Waals surface area (Å²) in [6, 6.07) is 5.37. The average Bonchev–Trinajstić information content (AvgIpc) is 2.20. The molecule has 0 radical (unpaired) electrons. The number of aliphatic hydroxyl groups excluding tert-OH is 1. The summed E-state index contributed by atoms with van der Waals surface area (Å²) in [5.74, 6) is 5.00. The molecule has 0 spiro atoms. The number of benzene rings is 1. The van der Waals surface area contributed by atoms with Crippen molar-refractivity contribution in [1.29, 1.82) is 0 Å². The maximum absolute atomic E-state index is 10.4. The molecule has 0 atom stereocenters. The van der Waals surface area contributed by atoms with Crippen LogP contribution in [-0.4, -0.2) is 11.0 Å². The standard InChI is InChI=1S/C11H10BrNO2/c12-10-5-4-8(6-9(10)7-14)2-1-3-11(13)15/h4-6,14H,3,7H2,(H2,13,15). The molecule has 1 amide bonds. The molecule has 15 heavy (non-hydrogen) atoms. The molecule has 78 valence electrons. The average molecular weight is 268 g/mol. The van der Waals surface area contributed by atoms with E-state index in [2.05, 4.69) is 27.8 Å². The Morgan fingerprint density at radius 3 is 2.87 bits per heavy atom. The van der Waals surface area contributed by atoms with Gasteiger partial charge in [0.2, 0.25) is 5.91 Å². The molecule has 1 aromatic carbocycles. The van der Waals surface area contributed by atoms with Crippen LogP contribution >= 0.6 is 15.9 Å². The van der Waals surface area contributed by atoms with E-state index in [9.17, 15) is 4.79 Å². The molecular formula is C11H10BrNO2. The molecule has 0 aliphatic heterocycles. The van der Waals surface area contributed by atoms with Crippen LogP contribution in [0.1, 0.15) is 17.5 Å². The summed E-state index contributed by atoms with van der Waals surface area (Å²) in [4.78, 5) is 10.4. The van der Waals surface area contributed by atoms with Gasteiger partial charge in [0, 0.05) is 10.0 Å². The Hall–Kier alpha value is -1.31. The van der Waals surface area contributed by atoms with Crippen LogP contribution in [0.4, 0.5) is 0 Å². The number of hydrogen-bond acceptors (Lipinski definition) is 2. The molecule has 0 fully saturated rings. The number of aliphatic hydroxyl groups is 1. The number of nitrogens with two attached hydrogens (primary N) is 1. The lowest BCUT2D eigenvalue weighted by atomic mass is 10.1. The minimum atomic E-state index is -0.443. The SMILES string of the molecule is NC(=O)CC#Cc1ccc(Br)c(CO)c1. The van der Waals surface area contributed by atoms with Crippen molar-refractivity contribution in [3.8, 4) is 11.8 Å². The topological polar surface area (TPSA) is 63.3 Å². The fourth-order valence-corrected chi connectivity index (χ4v) is 1.38. The third-order valence-corrected chi connectivity index (χ3v) is 2.49. The summed E-state index contributed by atoms with van der Waals surface area (Å²) >= 11 is 3.30. The van der Waals surface area contributed by atoms with Crippen molar-refractivity contribution >= 4 is 21.8 Å².